The number of nitrogens with two attached hydrogens (primary N) is 1. The molecule has 1 atom stereocenters. The summed E-state index contributed by atoms with van der Waals surface area (Å²) in [4.78, 5) is 12.5. The third kappa shape index (κ3) is 4.94. The Morgan fingerprint density at radius 3 is 2.67 bits per heavy atom. The maximum absolute atomic E-state index is 12.5. The first-order valence-electron chi connectivity index (χ1n) is 9.49. The number of carbonyl (C=O) groups is 1. The number of rotatable bonds is 7. The summed E-state index contributed by atoms with van der Waals surface area (Å²) in [6, 6.07) is 7.33. The van der Waals surface area contributed by atoms with Gasteiger partial charge in [0.2, 0.25) is 11.1 Å². The van der Waals surface area contributed by atoms with Crippen molar-refractivity contribution >= 4 is 23.4 Å². The lowest BCUT2D eigenvalue weighted by atomic mass is 9.89. The van der Waals surface area contributed by atoms with Gasteiger partial charge in [-0.05, 0) is 51.0 Å². The molecule has 1 aromatic carbocycles. The Balaban J connectivity index is 1.58. The number of hydrogen-bond acceptors (Lipinski definition) is 6. The second-order valence-electron chi connectivity index (χ2n) is 6.75. The minimum absolute atomic E-state index is 0.105. The van der Waals surface area contributed by atoms with Crippen molar-refractivity contribution in [2.75, 3.05) is 17.8 Å². The maximum Gasteiger partial charge on any atom is 0.237 e. The average molecular weight is 390 g/mol. The van der Waals surface area contributed by atoms with Crippen LogP contribution in [0.1, 0.15) is 57.7 Å². The Kier molecular flexibility index (Phi) is 6.60. The lowest BCUT2D eigenvalue weighted by Crippen LogP contribution is -2.24. The van der Waals surface area contributed by atoms with Gasteiger partial charge in [-0.3, -0.25) is 4.79 Å². The van der Waals surface area contributed by atoms with Crippen LogP contribution in [0.3, 0.4) is 0 Å². The van der Waals surface area contributed by atoms with Gasteiger partial charge in [-0.15, -0.1) is 10.2 Å². The molecule has 0 spiro atoms. The lowest BCUT2D eigenvalue weighted by Gasteiger charge is -2.20. The van der Waals surface area contributed by atoms with E-state index in [4.69, 9.17) is 10.6 Å². The first-order chi connectivity index (χ1) is 13.1. The highest BCUT2D eigenvalue weighted by atomic mass is 32.2. The molecule has 3 rings (SSSR count). The van der Waals surface area contributed by atoms with Crippen LogP contribution >= 0.6 is 11.8 Å². The summed E-state index contributed by atoms with van der Waals surface area (Å²) in [5, 5.41) is 11.6. The summed E-state index contributed by atoms with van der Waals surface area (Å²) in [7, 11) is 0. The van der Waals surface area contributed by atoms with Crippen LogP contribution in [0.15, 0.2) is 29.4 Å². The molecule has 27 heavy (non-hydrogen) atoms. The second kappa shape index (κ2) is 9.12. The molecule has 1 heterocycles. The summed E-state index contributed by atoms with van der Waals surface area (Å²) < 4.78 is 6.97. The van der Waals surface area contributed by atoms with Gasteiger partial charge in [0.05, 0.1) is 11.9 Å². The van der Waals surface area contributed by atoms with Crippen LogP contribution in [-0.4, -0.2) is 32.6 Å². The molecule has 0 aliphatic heterocycles. The number of nitrogens with zero attached hydrogens (tertiary/aromatic N) is 3. The van der Waals surface area contributed by atoms with Crippen LogP contribution in [0.25, 0.3) is 0 Å². The standard InChI is InChI=1S/C19H27N5O2S/c1-3-26-16-11-9-15(10-12-16)21-18(25)13(2)27-19-23-22-17(24(19)20)14-7-5-4-6-8-14/h9-14H,3-8,20H2,1-2H3,(H,21,25)/t13-/m0/s1. The van der Waals surface area contributed by atoms with Crippen molar-refractivity contribution in [1.82, 2.24) is 14.9 Å². The van der Waals surface area contributed by atoms with Gasteiger partial charge in [0.25, 0.3) is 0 Å². The zero-order valence-corrected chi connectivity index (χ0v) is 16.7. The van der Waals surface area contributed by atoms with E-state index >= 15 is 0 Å². The van der Waals surface area contributed by atoms with Gasteiger partial charge in [-0.25, -0.2) is 4.68 Å². The second-order valence-corrected chi connectivity index (χ2v) is 8.06. The van der Waals surface area contributed by atoms with E-state index in [9.17, 15) is 4.79 Å². The first-order valence-corrected chi connectivity index (χ1v) is 10.4. The van der Waals surface area contributed by atoms with E-state index in [1.807, 2.05) is 38.1 Å². The van der Waals surface area contributed by atoms with E-state index in [0.717, 1.165) is 30.1 Å². The van der Waals surface area contributed by atoms with Crippen LogP contribution in [0.4, 0.5) is 5.69 Å². The van der Waals surface area contributed by atoms with Crippen molar-refractivity contribution in [1.29, 1.82) is 0 Å². The summed E-state index contributed by atoms with van der Waals surface area (Å²) >= 11 is 1.32. The summed E-state index contributed by atoms with van der Waals surface area (Å²) in [5.41, 5.74) is 0.730. The normalized spacial score (nSPS) is 16.1. The van der Waals surface area contributed by atoms with Gasteiger partial charge in [0.1, 0.15) is 5.75 Å². The number of anilines is 1. The molecule has 146 valence electrons. The Morgan fingerprint density at radius 2 is 2.00 bits per heavy atom. The quantitative estimate of drug-likeness (QED) is 0.555. The highest BCUT2D eigenvalue weighted by Gasteiger charge is 2.24. The minimum atomic E-state index is -0.345. The number of benzene rings is 1. The van der Waals surface area contributed by atoms with Gasteiger partial charge in [0.15, 0.2) is 5.82 Å². The summed E-state index contributed by atoms with van der Waals surface area (Å²) in [6.45, 7) is 4.38. The molecule has 1 aliphatic carbocycles. The molecule has 1 amide bonds. The third-order valence-electron chi connectivity index (χ3n) is 4.75. The predicted molar refractivity (Wildman–Crippen MR) is 108 cm³/mol. The number of amides is 1. The number of carbonyl (C=O) groups excluding carboxylic acids is 1. The van der Waals surface area contributed by atoms with Gasteiger partial charge in [-0.2, -0.15) is 0 Å². The number of nitrogens with one attached hydrogen (secondary N) is 1. The number of nitrogen functional groups attached to an aromatic ring is 1. The van der Waals surface area contributed by atoms with Gasteiger partial charge in [-0.1, -0.05) is 31.0 Å². The fourth-order valence-corrected chi connectivity index (χ4v) is 4.04. The molecule has 1 aromatic heterocycles. The molecule has 7 nitrogen and oxygen atoms in total. The van der Waals surface area contributed by atoms with E-state index in [1.54, 1.807) is 4.68 Å². The van der Waals surface area contributed by atoms with Crippen LogP contribution in [0.5, 0.6) is 5.75 Å². The zero-order chi connectivity index (χ0) is 19.2. The Bertz CT molecular complexity index is 756. The van der Waals surface area contributed by atoms with Crippen molar-refractivity contribution in [3.05, 3.63) is 30.1 Å². The smallest absolute Gasteiger partial charge is 0.237 e. The zero-order valence-electron chi connectivity index (χ0n) is 15.9. The number of thioether (sulfide) groups is 1. The van der Waals surface area contributed by atoms with E-state index in [2.05, 4.69) is 15.5 Å². The SMILES string of the molecule is CCOc1ccc(NC(=O)[C@H](C)Sc2nnc(C3CCCCC3)n2N)cc1. The molecule has 0 bridgehead atoms. The molecule has 0 saturated heterocycles. The molecule has 8 heteroatoms. The highest BCUT2D eigenvalue weighted by Crippen LogP contribution is 2.33. The monoisotopic (exact) mass is 389 g/mol. The summed E-state index contributed by atoms with van der Waals surface area (Å²) in [5.74, 6) is 8.09. The molecular formula is C19H27N5O2S. The fraction of sp³-hybridized carbons (Fsp3) is 0.526. The molecule has 2 aromatic rings. The van der Waals surface area contributed by atoms with Crippen molar-refractivity contribution in [2.24, 2.45) is 0 Å². The maximum atomic E-state index is 12.5. The number of ether oxygens (including phenoxy) is 1. The fourth-order valence-electron chi connectivity index (χ4n) is 3.26. The van der Waals surface area contributed by atoms with Crippen LogP contribution in [-0.2, 0) is 4.79 Å². The molecule has 1 saturated carbocycles. The topological polar surface area (TPSA) is 95.1 Å². The highest BCUT2D eigenvalue weighted by molar-refractivity contribution is 8.00. The van der Waals surface area contributed by atoms with E-state index in [1.165, 1.54) is 31.0 Å². The summed E-state index contributed by atoms with van der Waals surface area (Å²) in [6.07, 6.45) is 5.91. The molecule has 3 N–H and O–H groups in total. The molecule has 0 radical (unpaired) electrons. The molecule has 1 aliphatic rings. The minimum Gasteiger partial charge on any atom is -0.494 e. The molecular weight excluding hydrogens is 362 g/mol. The van der Waals surface area contributed by atoms with Crippen molar-refractivity contribution in [3.8, 4) is 5.75 Å². The van der Waals surface area contributed by atoms with Crippen molar-refractivity contribution in [3.63, 3.8) is 0 Å². The molecule has 0 unspecified atom stereocenters. The van der Waals surface area contributed by atoms with Crippen LogP contribution in [0, 0.1) is 0 Å². The molecule has 1 fully saturated rings. The Morgan fingerprint density at radius 1 is 1.30 bits per heavy atom. The van der Waals surface area contributed by atoms with E-state index in [0.29, 0.717) is 17.7 Å². The van der Waals surface area contributed by atoms with E-state index in [-0.39, 0.29) is 11.2 Å². The van der Waals surface area contributed by atoms with E-state index < -0.39 is 0 Å². The third-order valence-corrected chi connectivity index (χ3v) is 5.80. The van der Waals surface area contributed by atoms with Crippen molar-refractivity contribution < 1.29 is 9.53 Å². The van der Waals surface area contributed by atoms with Gasteiger partial charge < -0.3 is 15.9 Å². The van der Waals surface area contributed by atoms with Gasteiger partial charge >= 0.3 is 0 Å². The first kappa shape index (κ1) is 19.5. The van der Waals surface area contributed by atoms with Gasteiger partial charge in [0, 0.05) is 11.6 Å². The number of aromatic nitrogens is 3. The Hall–Kier alpha value is -2.22. The van der Waals surface area contributed by atoms with Crippen LogP contribution < -0.4 is 15.9 Å². The largest absolute Gasteiger partial charge is 0.494 e. The average Bonchev–Trinajstić information content (AvgIpc) is 3.04. The number of hydrogen-bond donors (Lipinski definition) is 2. The lowest BCUT2D eigenvalue weighted by molar-refractivity contribution is -0.115. The Labute approximate surface area is 164 Å². The predicted octanol–water partition coefficient (Wildman–Crippen LogP) is 3.56. The van der Waals surface area contributed by atoms with Crippen LogP contribution in [0.2, 0.25) is 0 Å². The van der Waals surface area contributed by atoms with Crippen molar-refractivity contribution in [2.45, 2.75) is 62.3 Å².